The number of aryl methyl sites for hydroxylation is 1. The van der Waals surface area contributed by atoms with Gasteiger partial charge in [0, 0.05) is 10.9 Å². The molecule has 2 heterocycles. The second-order valence-electron chi connectivity index (χ2n) is 6.91. The molecule has 0 saturated carbocycles. The van der Waals surface area contributed by atoms with Crippen molar-refractivity contribution in [2.24, 2.45) is 0 Å². The number of methoxy groups -OCH3 is 1. The minimum Gasteiger partial charge on any atom is -0.494 e. The number of aromatic nitrogens is 2. The third kappa shape index (κ3) is 4.31. The predicted molar refractivity (Wildman–Crippen MR) is 124 cm³/mol. The number of ether oxygens (including phenoxy) is 2. The fourth-order valence-electron chi connectivity index (χ4n) is 3.30. The molecule has 7 nitrogen and oxygen atoms in total. The van der Waals surface area contributed by atoms with Crippen LogP contribution in [0.4, 0.5) is 5.13 Å². The van der Waals surface area contributed by atoms with Crippen LogP contribution in [0.3, 0.4) is 0 Å². The Morgan fingerprint density at radius 1 is 1.06 bits per heavy atom. The summed E-state index contributed by atoms with van der Waals surface area (Å²) in [7, 11) is 1.31. The SMILES string of the molecule is CCOc1ccc(-c2cc(C(=O)Nc3nc(C)c(C(=O)OC)s3)c3ccccc3n2)cc1. The summed E-state index contributed by atoms with van der Waals surface area (Å²) in [6.07, 6.45) is 0. The summed E-state index contributed by atoms with van der Waals surface area (Å²) < 4.78 is 10.3. The molecule has 162 valence electrons. The van der Waals surface area contributed by atoms with E-state index in [0.29, 0.717) is 39.1 Å². The smallest absolute Gasteiger partial charge is 0.350 e. The molecule has 2 aromatic heterocycles. The van der Waals surface area contributed by atoms with E-state index in [0.717, 1.165) is 28.0 Å². The first-order chi connectivity index (χ1) is 15.5. The van der Waals surface area contributed by atoms with Crippen molar-refractivity contribution < 1.29 is 19.1 Å². The van der Waals surface area contributed by atoms with E-state index in [1.54, 1.807) is 13.0 Å². The number of amides is 1. The summed E-state index contributed by atoms with van der Waals surface area (Å²) in [6, 6.07) is 16.8. The van der Waals surface area contributed by atoms with Gasteiger partial charge in [-0.2, -0.15) is 0 Å². The number of para-hydroxylation sites is 1. The molecule has 2 aromatic carbocycles. The van der Waals surface area contributed by atoms with Crippen LogP contribution in [0.1, 0.15) is 32.6 Å². The number of anilines is 1. The second-order valence-corrected chi connectivity index (χ2v) is 7.91. The maximum atomic E-state index is 13.2. The molecule has 0 unspecified atom stereocenters. The molecule has 32 heavy (non-hydrogen) atoms. The Labute approximate surface area is 189 Å². The molecule has 0 aliphatic rings. The number of pyridine rings is 1. The van der Waals surface area contributed by atoms with Crippen LogP contribution in [0, 0.1) is 6.92 Å². The maximum absolute atomic E-state index is 13.2. The standard InChI is InChI=1S/C24H21N3O4S/c1-4-31-16-11-9-15(10-12-16)20-13-18(17-7-5-6-8-19(17)26-20)22(28)27-24-25-14(2)21(32-24)23(29)30-3/h5-13H,4H2,1-3H3,(H,25,27,28). The normalized spacial score (nSPS) is 10.7. The highest BCUT2D eigenvalue weighted by Crippen LogP contribution is 2.28. The van der Waals surface area contributed by atoms with E-state index < -0.39 is 5.97 Å². The zero-order valence-electron chi connectivity index (χ0n) is 17.8. The predicted octanol–water partition coefficient (Wildman–Crippen LogP) is 5.10. The van der Waals surface area contributed by atoms with Crippen molar-refractivity contribution >= 4 is 39.2 Å². The zero-order valence-corrected chi connectivity index (χ0v) is 18.7. The van der Waals surface area contributed by atoms with Crippen LogP contribution >= 0.6 is 11.3 Å². The van der Waals surface area contributed by atoms with E-state index in [1.165, 1.54) is 7.11 Å². The number of esters is 1. The fraction of sp³-hybridized carbons (Fsp3) is 0.167. The Balaban J connectivity index is 1.71. The van der Waals surface area contributed by atoms with Crippen molar-refractivity contribution in [3.8, 4) is 17.0 Å². The third-order valence-electron chi connectivity index (χ3n) is 4.81. The van der Waals surface area contributed by atoms with Crippen molar-refractivity contribution in [1.82, 2.24) is 9.97 Å². The lowest BCUT2D eigenvalue weighted by Crippen LogP contribution is -2.13. The largest absolute Gasteiger partial charge is 0.494 e. The minimum absolute atomic E-state index is 0.330. The number of fused-ring (bicyclic) bond motifs is 1. The van der Waals surface area contributed by atoms with Crippen molar-refractivity contribution in [3.05, 3.63) is 70.7 Å². The van der Waals surface area contributed by atoms with Crippen molar-refractivity contribution in [2.75, 3.05) is 19.0 Å². The highest BCUT2D eigenvalue weighted by atomic mass is 32.1. The first-order valence-electron chi connectivity index (χ1n) is 10.00. The van der Waals surface area contributed by atoms with E-state index in [1.807, 2.05) is 55.5 Å². The summed E-state index contributed by atoms with van der Waals surface area (Å²) in [6.45, 7) is 4.22. The molecule has 0 saturated heterocycles. The molecule has 0 spiro atoms. The molecule has 0 radical (unpaired) electrons. The quantitative estimate of drug-likeness (QED) is 0.413. The number of nitrogens with one attached hydrogen (secondary N) is 1. The number of carbonyl (C=O) groups is 2. The van der Waals surface area contributed by atoms with Crippen molar-refractivity contribution in [3.63, 3.8) is 0 Å². The van der Waals surface area contributed by atoms with Gasteiger partial charge in [-0.1, -0.05) is 29.5 Å². The lowest BCUT2D eigenvalue weighted by Gasteiger charge is -2.10. The van der Waals surface area contributed by atoms with Gasteiger partial charge < -0.3 is 9.47 Å². The Bertz CT molecular complexity index is 1300. The molecular weight excluding hydrogens is 426 g/mol. The molecule has 0 aliphatic carbocycles. The van der Waals surface area contributed by atoms with Gasteiger partial charge in [0.25, 0.3) is 5.91 Å². The van der Waals surface area contributed by atoms with Gasteiger partial charge in [0.2, 0.25) is 0 Å². The number of carbonyl (C=O) groups excluding carboxylic acids is 2. The lowest BCUT2D eigenvalue weighted by atomic mass is 10.0. The van der Waals surface area contributed by atoms with E-state index >= 15 is 0 Å². The Morgan fingerprint density at radius 3 is 2.53 bits per heavy atom. The van der Waals surface area contributed by atoms with Gasteiger partial charge in [0.1, 0.15) is 10.6 Å². The van der Waals surface area contributed by atoms with Gasteiger partial charge in [0.05, 0.1) is 36.2 Å². The van der Waals surface area contributed by atoms with Gasteiger partial charge >= 0.3 is 5.97 Å². The summed E-state index contributed by atoms with van der Waals surface area (Å²) >= 11 is 1.08. The summed E-state index contributed by atoms with van der Waals surface area (Å²) in [5.41, 5.74) is 3.21. The molecular formula is C24H21N3O4S. The topological polar surface area (TPSA) is 90.4 Å². The lowest BCUT2D eigenvalue weighted by molar-refractivity contribution is 0.0605. The molecule has 4 rings (SSSR count). The highest BCUT2D eigenvalue weighted by Gasteiger charge is 2.19. The van der Waals surface area contributed by atoms with E-state index in [2.05, 4.69) is 10.3 Å². The Hall–Kier alpha value is -3.78. The number of thiazole rings is 1. The number of nitrogens with zero attached hydrogens (tertiary/aromatic N) is 2. The first kappa shape index (κ1) is 21.5. The molecule has 0 bridgehead atoms. The molecule has 4 aromatic rings. The van der Waals surface area contributed by atoms with Gasteiger partial charge in [-0.15, -0.1) is 0 Å². The van der Waals surface area contributed by atoms with Gasteiger partial charge in [-0.3, -0.25) is 10.1 Å². The van der Waals surface area contributed by atoms with E-state index in [9.17, 15) is 9.59 Å². The van der Waals surface area contributed by atoms with E-state index in [4.69, 9.17) is 14.5 Å². The van der Waals surface area contributed by atoms with Gasteiger partial charge in [0.15, 0.2) is 5.13 Å². The summed E-state index contributed by atoms with van der Waals surface area (Å²) in [5, 5.41) is 3.86. The minimum atomic E-state index is -0.479. The molecule has 8 heteroatoms. The number of benzene rings is 2. The number of rotatable bonds is 6. The zero-order chi connectivity index (χ0) is 22.7. The second kappa shape index (κ2) is 9.15. The monoisotopic (exact) mass is 447 g/mol. The van der Waals surface area contributed by atoms with Gasteiger partial charge in [-0.05, 0) is 50.2 Å². The van der Waals surface area contributed by atoms with Gasteiger partial charge in [-0.25, -0.2) is 14.8 Å². The molecule has 0 aliphatic heterocycles. The first-order valence-corrected chi connectivity index (χ1v) is 10.8. The van der Waals surface area contributed by atoms with Crippen LogP contribution in [0.5, 0.6) is 5.75 Å². The molecule has 0 atom stereocenters. The molecule has 1 amide bonds. The van der Waals surface area contributed by atoms with Crippen LogP contribution in [0.2, 0.25) is 0 Å². The number of hydrogen-bond acceptors (Lipinski definition) is 7. The summed E-state index contributed by atoms with van der Waals surface area (Å²) in [4.78, 5) is 34.4. The van der Waals surface area contributed by atoms with Crippen LogP contribution < -0.4 is 10.1 Å². The van der Waals surface area contributed by atoms with Crippen molar-refractivity contribution in [2.45, 2.75) is 13.8 Å². The van der Waals surface area contributed by atoms with Crippen LogP contribution in [-0.4, -0.2) is 35.6 Å². The summed E-state index contributed by atoms with van der Waals surface area (Å²) in [5.74, 6) is -0.0378. The van der Waals surface area contributed by atoms with Crippen molar-refractivity contribution in [1.29, 1.82) is 0 Å². The maximum Gasteiger partial charge on any atom is 0.350 e. The third-order valence-corrected chi connectivity index (χ3v) is 5.86. The average Bonchev–Trinajstić information content (AvgIpc) is 3.18. The number of hydrogen-bond donors (Lipinski definition) is 1. The average molecular weight is 448 g/mol. The fourth-order valence-corrected chi connectivity index (χ4v) is 4.18. The van der Waals surface area contributed by atoms with E-state index in [-0.39, 0.29) is 5.91 Å². The molecule has 1 N–H and O–H groups in total. The Morgan fingerprint density at radius 2 is 1.81 bits per heavy atom. The van der Waals surface area contributed by atoms with Crippen LogP contribution in [0.25, 0.3) is 22.2 Å². The molecule has 0 fully saturated rings. The Kier molecular flexibility index (Phi) is 6.13. The van der Waals surface area contributed by atoms with Crippen LogP contribution in [0.15, 0.2) is 54.6 Å². The van der Waals surface area contributed by atoms with Crippen LogP contribution in [-0.2, 0) is 4.74 Å². The highest BCUT2D eigenvalue weighted by molar-refractivity contribution is 7.17.